The Hall–Kier alpha value is -1.98. The van der Waals surface area contributed by atoms with Gasteiger partial charge in [-0.1, -0.05) is 12.1 Å². The number of rotatable bonds is 1. The lowest BCUT2D eigenvalue weighted by molar-refractivity contribution is -0.137. The van der Waals surface area contributed by atoms with E-state index in [1.165, 1.54) is 12.1 Å². The second-order valence-corrected chi connectivity index (χ2v) is 5.45. The number of nitrogens with zero attached hydrogens (tertiary/aromatic N) is 2. The standard InChI is InChI=1S/C15H16F3N3/c1-9-3-2-4-12-20-13(14(19)21(9)12)10-5-7-11(8-6-10)15(16,17)18/h5-9H,2-4,19H2,1H3. The molecule has 1 aliphatic rings. The Morgan fingerprint density at radius 2 is 1.90 bits per heavy atom. The summed E-state index contributed by atoms with van der Waals surface area (Å²) in [5.74, 6) is 1.46. The first-order valence-corrected chi connectivity index (χ1v) is 6.92. The van der Waals surface area contributed by atoms with Crippen LogP contribution in [-0.4, -0.2) is 9.55 Å². The van der Waals surface area contributed by atoms with Crippen molar-refractivity contribution in [1.82, 2.24) is 9.55 Å². The fourth-order valence-electron chi connectivity index (χ4n) is 2.88. The van der Waals surface area contributed by atoms with Gasteiger partial charge >= 0.3 is 6.18 Å². The highest BCUT2D eigenvalue weighted by molar-refractivity contribution is 5.71. The topological polar surface area (TPSA) is 43.8 Å². The summed E-state index contributed by atoms with van der Waals surface area (Å²) in [5, 5.41) is 0. The molecule has 21 heavy (non-hydrogen) atoms. The fourth-order valence-corrected chi connectivity index (χ4v) is 2.88. The van der Waals surface area contributed by atoms with Gasteiger partial charge in [-0.15, -0.1) is 0 Å². The van der Waals surface area contributed by atoms with Crippen LogP contribution in [0.1, 0.15) is 37.2 Å². The summed E-state index contributed by atoms with van der Waals surface area (Å²) in [4.78, 5) is 4.52. The van der Waals surface area contributed by atoms with E-state index in [1.807, 2.05) is 4.57 Å². The van der Waals surface area contributed by atoms with Crippen molar-refractivity contribution in [2.45, 2.75) is 38.4 Å². The molecule has 1 unspecified atom stereocenters. The number of hydrogen-bond donors (Lipinski definition) is 1. The molecule has 0 bridgehead atoms. The van der Waals surface area contributed by atoms with Gasteiger partial charge in [0, 0.05) is 18.0 Å². The molecule has 0 amide bonds. The fraction of sp³-hybridized carbons (Fsp3) is 0.400. The van der Waals surface area contributed by atoms with Crippen molar-refractivity contribution in [3.63, 3.8) is 0 Å². The van der Waals surface area contributed by atoms with E-state index in [2.05, 4.69) is 11.9 Å². The number of aromatic nitrogens is 2. The predicted octanol–water partition coefficient (Wildman–Crippen LogP) is 4.05. The summed E-state index contributed by atoms with van der Waals surface area (Å²) in [6.45, 7) is 2.08. The molecule has 1 atom stereocenters. The van der Waals surface area contributed by atoms with Crippen LogP contribution in [-0.2, 0) is 12.6 Å². The van der Waals surface area contributed by atoms with Crippen molar-refractivity contribution in [2.75, 3.05) is 5.73 Å². The Morgan fingerprint density at radius 3 is 2.48 bits per heavy atom. The number of anilines is 1. The van der Waals surface area contributed by atoms with Crippen LogP contribution in [0.2, 0.25) is 0 Å². The molecule has 3 rings (SSSR count). The van der Waals surface area contributed by atoms with Crippen molar-refractivity contribution in [2.24, 2.45) is 0 Å². The molecule has 0 fully saturated rings. The van der Waals surface area contributed by atoms with Gasteiger partial charge in [0.2, 0.25) is 0 Å². The van der Waals surface area contributed by atoms with E-state index in [-0.39, 0.29) is 6.04 Å². The van der Waals surface area contributed by atoms with Gasteiger partial charge in [-0.3, -0.25) is 0 Å². The molecule has 2 heterocycles. The maximum Gasteiger partial charge on any atom is 0.416 e. The zero-order valence-electron chi connectivity index (χ0n) is 11.6. The molecule has 6 heteroatoms. The van der Waals surface area contributed by atoms with Gasteiger partial charge in [-0.2, -0.15) is 13.2 Å². The second-order valence-electron chi connectivity index (χ2n) is 5.45. The number of nitrogens with two attached hydrogens (primary N) is 1. The lowest BCUT2D eigenvalue weighted by atomic mass is 10.1. The predicted molar refractivity (Wildman–Crippen MR) is 74.7 cm³/mol. The van der Waals surface area contributed by atoms with Crippen molar-refractivity contribution < 1.29 is 13.2 Å². The van der Waals surface area contributed by atoms with Gasteiger partial charge in [0.05, 0.1) is 5.56 Å². The smallest absolute Gasteiger partial charge is 0.383 e. The highest BCUT2D eigenvalue weighted by Gasteiger charge is 2.30. The molecule has 3 nitrogen and oxygen atoms in total. The summed E-state index contributed by atoms with van der Waals surface area (Å²) in [5.41, 5.74) is 6.68. The Morgan fingerprint density at radius 1 is 1.24 bits per heavy atom. The average molecular weight is 295 g/mol. The van der Waals surface area contributed by atoms with Gasteiger partial charge in [0.25, 0.3) is 0 Å². The minimum absolute atomic E-state index is 0.282. The van der Waals surface area contributed by atoms with E-state index in [1.54, 1.807) is 0 Å². The number of benzene rings is 1. The van der Waals surface area contributed by atoms with Crippen LogP contribution in [0.15, 0.2) is 24.3 Å². The molecule has 1 aromatic carbocycles. The molecule has 0 spiro atoms. The lowest BCUT2D eigenvalue weighted by Crippen LogP contribution is -2.16. The first-order chi connectivity index (χ1) is 9.88. The summed E-state index contributed by atoms with van der Waals surface area (Å²) < 4.78 is 39.8. The van der Waals surface area contributed by atoms with Gasteiger partial charge in [0.15, 0.2) is 0 Å². The van der Waals surface area contributed by atoms with Gasteiger partial charge in [-0.25, -0.2) is 4.98 Å². The maximum absolute atomic E-state index is 12.6. The monoisotopic (exact) mass is 295 g/mol. The number of imidazole rings is 1. The van der Waals surface area contributed by atoms with Crippen LogP contribution in [0.3, 0.4) is 0 Å². The number of nitrogen functional groups attached to an aromatic ring is 1. The van der Waals surface area contributed by atoms with Crippen molar-refractivity contribution in [3.05, 3.63) is 35.7 Å². The second kappa shape index (κ2) is 4.79. The van der Waals surface area contributed by atoms with Gasteiger partial charge in [-0.05, 0) is 31.9 Å². The molecule has 0 radical (unpaired) electrons. The molecule has 1 aromatic heterocycles. The highest BCUT2D eigenvalue weighted by Crippen LogP contribution is 2.35. The number of halogens is 3. The SMILES string of the molecule is CC1CCCc2nc(-c3ccc(C(F)(F)F)cc3)c(N)n21. The van der Waals surface area contributed by atoms with E-state index >= 15 is 0 Å². The Labute approximate surface area is 120 Å². The first kappa shape index (κ1) is 14.0. The van der Waals surface area contributed by atoms with Crippen LogP contribution in [0.25, 0.3) is 11.3 Å². The number of alkyl halides is 3. The molecule has 0 saturated heterocycles. The Bertz CT molecular complexity index is 656. The first-order valence-electron chi connectivity index (χ1n) is 6.92. The molecule has 0 aliphatic carbocycles. The highest BCUT2D eigenvalue weighted by atomic mass is 19.4. The zero-order valence-corrected chi connectivity index (χ0v) is 11.6. The Kier molecular flexibility index (Phi) is 3.19. The van der Waals surface area contributed by atoms with Crippen LogP contribution in [0, 0.1) is 0 Å². The van der Waals surface area contributed by atoms with Crippen molar-refractivity contribution in [3.8, 4) is 11.3 Å². The van der Waals surface area contributed by atoms with Crippen LogP contribution in [0.5, 0.6) is 0 Å². The number of fused-ring (bicyclic) bond motifs is 1. The molecule has 0 saturated carbocycles. The third kappa shape index (κ3) is 2.39. The summed E-state index contributed by atoms with van der Waals surface area (Å²) in [6, 6.07) is 5.27. The number of hydrogen-bond acceptors (Lipinski definition) is 2. The van der Waals surface area contributed by atoms with Crippen LogP contribution < -0.4 is 5.73 Å². The molecular formula is C15H16F3N3. The third-order valence-corrected chi connectivity index (χ3v) is 3.97. The van der Waals surface area contributed by atoms with E-state index in [4.69, 9.17) is 5.73 Å². The zero-order chi connectivity index (χ0) is 15.2. The summed E-state index contributed by atoms with van der Waals surface area (Å²) >= 11 is 0. The van der Waals surface area contributed by atoms with E-state index in [0.717, 1.165) is 37.2 Å². The minimum atomic E-state index is -4.33. The largest absolute Gasteiger partial charge is 0.416 e. The minimum Gasteiger partial charge on any atom is -0.383 e. The number of aryl methyl sites for hydroxylation is 1. The molecule has 2 aromatic rings. The van der Waals surface area contributed by atoms with Crippen molar-refractivity contribution in [1.29, 1.82) is 0 Å². The van der Waals surface area contributed by atoms with Gasteiger partial charge < -0.3 is 10.3 Å². The molecule has 2 N–H and O–H groups in total. The summed E-state index contributed by atoms with van der Waals surface area (Å²) in [6.07, 6.45) is -1.37. The third-order valence-electron chi connectivity index (χ3n) is 3.97. The van der Waals surface area contributed by atoms with Gasteiger partial charge in [0.1, 0.15) is 17.3 Å². The quantitative estimate of drug-likeness (QED) is 0.862. The summed E-state index contributed by atoms with van der Waals surface area (Å²) in [7, 11) is 0. The van der Waals surface area contributed by atoms with E-state index < -0.39 is 11.7 Å². The average Bonchev–Trinajstić information content (AvgIpc) is 2.77. The van der Waals surface area contributed by atoms with E-state index in [9.17, 15) is 13.2 Å². The van der Waals surface area contributed by atoms with E-state index in [0.29, 0.717) is 17.1 Å². The molecular weight excluding hydrogens is 279 g/mol. The van der Waals surface area contributed by atoms with Crippen LogP contribution >= 0.6 is 0 Å². The normalized spacial score (nSPS) is 18.6. The lowest BCUT2D eigenvalue weighted by Gasteiger charge is -2.22. The molecule has 112 valence electrons. The Balaban J connectivity index is 2.02. The van der Waals surface area contributed by atoms with Crippen molar-refractivity contribution >= 4 is 5.82 Å². The molecule has 1 aliphatic heterocycles. The van der Waals surface area contributed by atoms with Crippen LogP contribution in [0.4, 0.5) is 19.0 Å². The maximum atomic E-state index is 12.6.